The van der Waals surface area contributed by atoms with Crippen molar-refractivity contribution in [1.82, 2.24) is 4.90 Å². The van der Waals surface area contributed by atoms with Crippen molar-refractivity contribution in [3.63, 3.8) is 0 Å². The van der Waals surface area contributed by atoms with Crippen LogP contribution in [0.15, 0.2) is 72.8 Å². The summed E-state index contributed by atoms with van der Waals surface area (Å²) in [5, 5.41) is 3.53. The molecule has 1 atom stereocenters. The lowest BCUT2D eigenvalue weighted by atomic mass is 10.1. The summed E-state index contributed by atoms with van der Waals surface area (Å²) in [4.78, 5) is 41.7. The molecule has 208 valence electrons. The van der Waals surface area contributed by atoms with E-state index >= 15 is 0 Å². The molecule has 0 aromatic heterocycles. The fraction of sp³-hybridized carbons (Fsp3) is 0.267. The topological polar surface area (TPSA) is 97.4 Å². The number of ether oxygens (including phenoxy) is 3. The van der Waals surface area contributed by atoms with Gasteiger partial charge in [0.2, 0.25) is 5.91 Å². The summed E-state index contributed by atoms with van der Waals surface area (Å²) in [5.74, 6) is 0.00671. The van der Waals surface area contributed by atoms with Gasteiger partial charge in [0.1, 0.15) is 6.04 Å². The Bertz CT molecular complexity index is 1380. The summed E-state index contributed by atoms with van der Waals surface area (Å²) in [6.45, 7) is 2.34. The molecule has 1 aliphatic rings. The lowest BCUT2D eigenvalue weighted by molar-refractivity contribution is -0.122. The quantitative estimate of drug-likeness (QED) is 0.219. The van der Waals surface area contributed by atoms with Crippen molar-refractivity contribution >= 4 is 46.5 Å². The maximum atomic E-state index is 13.7. The van der Waals surface area contributed by atoms with Crippen LogP contribution in [0.3, 0.4) is 0 Å². The first-order chi connectivity index (χ1) is 19.4. The lowest BCUT2D eigenvalue weighted by Crippen LogP contribution is -2.48. The second-order valence-electron chi connectivity index (χ2n) is 8.98. The van der Waals surface area contributed by atoms with Crippen LogP contribution in [0, 0.1) is 0 Å². The number of imide groups is 1. The molecule has 10 heteroatoms. The van der Waals surface area contributed by atoms with Crippen LogP contribution in [-0.4, -0.2) is 61.2 Å². The minimum absolute atomic E-state index is 0.0407. The van der Waals surface area contributed by atoms with Gasteiger partial charge in [0.15, 0.2) is 16.6 Å². The molecule has 0 bridgehead atoms. The van der Waals surface area contributed by atoms with Crippen molar-refractivity contribution in [3.8, 4) is 11.5 Å². The predicted octanol–water partition coefficient (Wildman–Crippen LogP) is 4.45. The molecule has 0 radical (unpaired) electrons. The fourth-order valence-electron chi connectivity index (χ4n) is 4.49. The molecule has 4 rings (SSSR count). The Morgan fingerprint density at radius 2 is 1.70 bits per heavy atom. The minimum atomic E-state index is -0.805. The molecule has 0 aliphatic carbocycles. The number of thiocarbonyl (C=S) groups is 1. The number of methoxy groups -OCH3 is 2. The normalized spacial score (nSPS) is 14.6. The Balaban J connectivity index is 1.57. The van der Waals surface area contributed by atoms with E-state index in [0.717, 1.165) is 16.2 Å². The zero-order chi connectivity index (χ0) is 28.6. The van der Waals surface area contributed by atoms with E-state index in [1.165, 1.54) is 12.1 Å². The summed E-state index contributed by atoms with van der Waals surface area (Å²) >= 11 is 5.75. The molecule has 1 heterocycles. The highest BCUT2D eigenvalue weighted by Crippen LogP contribution is 2.29. The molecular weight excluding hydrogens is 530 g/mol. The van der Waals surface area contributed by atoms with Crippen LogP contribution in [0.2, 0.25) is 0 Å². The number of nitrogens with zero attached hydrogens (tertiary/aromatic N) is 2. The van der Waals surface area contributed by atoms with Crippen molar-refractivity contribution in [2.45, 2.75) is 25.8 Å². The average molecular weight is 562 g/mol. The molecule has 0 spiro atoms. The smallest absolute Gasteiger partial charge is 0.338 e. The van der Waals surface area contributed by atoms with E-state index < -0.39 is 17.9 Å². The lowest BCUT2D eigenvalue weighted by Gasteiger charge is -2.30. The average Bonchev–Trinajstić information content (AvgIpc) is 3.26. The van der Waals surface area contributed by atoms with Gasteiger partial charge >= 0.3 is 5.97 Å². The number of benzene rings is 3. The molecule has 3 aromatic rings. The summed E-state index contributed by atoms with van der Waals surface area (Å²) in [6, 6.07) is 20.4. The van der Waals surface area contributed by atoms with Crippen LogP contribution in [0.5, 0.6) is 11.5 Å². The predicted molar refractivity (Wildman–Crippen MR) is 156 cm³/mol. The third kappa shape index (κ3) is 6.40. The SMILES string of the molecule is CCOC(=O)c1ccc(N2C(=O)CC(N(CCc3ccc(OC)c(OC)c3)C(=S)Nc3ccccc3)C2=O)cc1. The number of para-hydroxylation sites is 1. The van der Waals surface area contributed by atoms with Crippen molar-refractivity contribution in [2.75, 3.05) is 37.6 Å². The number of amides is 2. The fourth-order valence-corrected chi connectivity index (χ4v) is 4.83. The maximum absolute atomic E-state index is 13.7. The van der Waals surface area contributed by atoms with Gasteiger partial charge in [0, 0.05) is 12.2 Å². The number of anilines is 2. The monoisotopic (exact) mass is 561 g/mol. The molecule has 1 aliphatic heterocycles. The molecule has 1 fully saturated rings. The molecule has 2 amide bonds. The van der Waals surface area contributed by atoms with Crippen molar-refractivity contribution < 1.29 is 28.6 Å². The Morgan fingerprint density at radius 1 is 1.00 bits per heavy atom. The van der Waals surface area contributed by atoms with Gasteiger partial charge in [0.05, 0.1) is 38.5 Å². The Kier molecular flexibility index (Phi) is 9.34. The van der Waals surface area contributed by atoms with E-state index in [9.17, 15) is 14.4 Å². The number of hydrogen-bond acceptors (Lipinski definition) is 7. The van der Waals surface area contributed by atoms with Crippen LogP contribution in [0.4, 0.5) is 11.4 Å². The Morgan fingerprint density at radius 3 is 2.35 bits per heavy atom. The van der Waals surface area contributed by atoms with Crippen molar-refractivity contribution in [1.29, 1.82) is 0 Å². The van der Waals surface area contributed by atoms with E-state index in [1.54, 1.807) is 38.2 Å². The number of nitrogens with one attached hydrogen (secondary N) is 1. The minimum Gasteiger partial charge on any atom is -0.493 e. The number of hydrogen-bond donors (Lipinski definition) is 1. The Labute approximate surface area is 238 Å². The third-order valence-corrected chi connectivity index (χ3v) is 6.85. The first kappa shape index (κ1) is 28.6. The van der Waals surface area contributed by atoms with E-state index in [-0.39, 0.29) is 18.9 Å². The zero-order valence-electron chi connectivity index (χ0n) is 22.6. The molecule has 1 N–H and O–H groups in total. The first-order valence-electron chi connectivity index (χ1n) is 12.8. The zero-order valence-corrected chi connectivity index (χ0v) is 23.4. The second-order valence-corrected chi connectivity index (χ2v) is 9.37. The molecule has 1 unspecified atom stereocenters. The van der Waals surface area contributed by atoms with Crippen LogP contribution in [-0.2, 0) is 20.7 Å². The van der Waals surface area contributed by atoms with Gasteiger partial charge in [-0.2, -0.15) is 0 Å². The highest BCUT2D eigenvalue weighted by molar-refractivity contribution is 7.80. The van der Waals surface area contributed by atoms with Crippen LogP contribution < -0.4 is 19.7 Å². The van der Waals surface area contributed by atoms with Gasteiger partial charge in [-0.05, 0) is 79.7 Å². The van der Waals surface area contributed by atoms with Gasteiger partial charge < -0.3 is 24.4 Å². The summed E-state index contributed by atoms with van der Waals surface area (Å²) < 4.78 is 15.8. The molecule has 9 nitrogen and oxygen atoms in total. The molecule has 0 saturated carbocycles. The van der Waals surface area contributed by atoms with Crippen LogP contribution in [0.25, 0.3) is 0 Å². The summed E-state index contributed by atoms with van der Waals surface area (Å²) in [5.41, 5.74) is 2.44. The van der Waals surface area contributed by atoms with E-state index in [2.05, 4.69) is 5.32 Å². The van der Waals surface area contributed by atoms with Crippen LogP contribution in [0.1, 0.15) is 29.3 Å². The standard InChI is InChI=1S/C30H31N3O6S/c1-4-39-29(36)21-11-13-23(14-12-21)33-27(34)19-24(28(33)35)32(30(40)31-22-8-6-5-7-9-22)17-16-20-10-15-25(37-2)26(18-20)38-3/h5-15,18,24H,4,16-17,19H2,1-3H3,(H,31,40). The van der Waals surface area contributed by atoms with E-state index in [0.29, 0.717) is 40.8 Å². The molecular formula is C30H31N3O6S. The number of rotatable bonds is 10. The number of carbonyl (C=O) groups excluding carboxylic acids is 3. The van der Waals surface area contributed by atoms with Crippen molar-refractivity contribution in [2.24, 2.45) is 0 Å². The van der Waals surface area contributed by atoms with Gasteiger partial charge in [0.25, 0.3) is 5.91 Å². The van der Waals surface area contributed by atoms with Crippen LogP contribution >= 0.6 is 12.2 Å². The highest BCUT2D eigenvalue weighted by Gasteiger charge is 2.43. The summed E-state index contributed by atoms with van der Waals surface area (Å²) in [6.07, 6.45) is 0.490. The largest absolute Gasteiger partial charge is 0.493 e. The molecule has 40 heavy (non-hydrogen) atoms. The van der Waals surface area contributed by atoms with Crippen molar-refractivity contribution in [3.05, 3.63) is 83.9 Å². The molecule has 3 aromatic carbocycles. The third-order valence-electron chi connectivity index (χ3n) is 6.51. The van der Waals surface area contributed by atoms with Gasteiger partial charge in [-0.25, -0.2) is 9.69 Å². The Hall–Kier alpha value is -4.44. The maximum Gasteiger partial charge on any atom is 0.338 e. The summed E-state index contributed by atoms with van der Waals surface area (Å²) in [7, 11) is 3.15. The van der Waals surface area contributed by atoms with Gasteiger partial charge in [-0.15, -0.1) is 0 Å². The van der Waals surface area contributed by atoms with Gasteiger partial charge in [-0.1, -0.05) is 24.3 Å². The highest BCUT2D eigenvalue weighted by atomic mass is 32.1. The first-order valence-corrected chi connectivity index (χ1v) is 13.2. The number of esters is 1. The number of carbonyl (C=O) groups is 3. The second kappa shape index (κ2) is 13.1. The van der Waals surface area contributed by atoms with Gasteiger partial charge in [-0.3, -0.25) is 9.59 Å². The van der Waals surface area contributed by atoms with E-state index in [1.807, 2.05) is 48.5 Å². The molecule has 1 saturated heterocycles. The van der Waals surface area contributed by atoms with E-state index in [4.69, 9.17) is 26.4 Å².